The van der Waals surface area contributed by atoms with Crippen molar-refractivity contribution < 1.29 is 19.4 Å². The van der Waals surface area contributed by atoms with E-state index in [-0.39, 0.29) is 31.4 Å². The minimum atomic E-state index is -0.776. The summed E-state index contributed by atoms with van der Waals surface area (Å²) >= 11 is 0. The van der Waals surface area contributed by atoms with Gasteiger partial charge in [0.1, 0.15) is 12.3 Å². The largest absolute Gasteiger partial charge is 0.493 e. The molecule has 1 fully saturated rings. The number of aliphatic hydroxyl groups is 1. The summed E-state index contributed by atoms with van der Waals surface area (Å²) in [5, 5.41) is 10.4. The number of amides is 2. The van der Waals surface area contributed by atoms with Gasteiger partial charge >= 0.3 is 0 Å². The molecule has 0 bridgehead atoms. The summed E-state index contributed by atoms with van der Waals surface area (Å²) < 4.78 is 5.54. The maximum atomic E-state index is 13.0. The molecule has 1 saturated heterocycles. The van der Waals surface area contributed by atoms with Crippen LogP contribution in [-0.2, 0) is 11.2 Å². The topological polar surface area (TPSA) is 70.1 Å². The van der Waals surface area contributed by atoms with E-state index in [1.165, 1.54) is 10.5 Å². The van der Waals surface area contributed by atoms with Crippen molar-refractivity contribution in [3.8, 4) is 5.75 Å². The second kappa shape index (κ2) is 10.1. The number of benzene rings is 2. The summed E-state index contributed by atoms with van der Waals surface area (Å²) in [5.74, 6) is 0.0512. The number of aryl methyl sites for hydroxylation is 1. The molecule has 0 aliphatic carbocycles. The Bertz CT molecular complexity index is 825. The maximum absolute atomic E-state index is 13.0. The summed E-state index contributed by atoms with van der Waals surface area (Å²) in [6.07, 6.45) is 0.899. The third-order valence-electron chi connectivity index (χ3n) is 4.98. The van der Waals surface area contributed by atoms with Gasteiger partial charge in [-0.05, 0) is 37.5 Å². The van der Waals surface area contributed by atoms with Crippen LogP contribution >= 0.6 is 0 Å². The molecule has 1 unspecified atom stereocenters. The van der Waals surface area contributed by atoms with Crippen LogP contribution in [0.4, 0.5) is 0 Å². The Morgan fingerprint density at radius 2 is 1.83 bits per heavy atom. The molecular weight excluding hydrogens is 368 g/mol. The van der Waals surface area contributed by atoms with Crippen LogP contribution in [0.5, 0.6) is 5.75 Å². The minimum absolute atomic E-state index is 0.0400. The van der Waals surface area contributed by atoms with E-state index in [0.717, 1.165) is 12.8 Å². The van der Waals surface area contributed by atoms with E-state index in [0.29, 0.717) is 24.5 Å². The van der Waals surface area contributed by atoms with E-state index in [1.54, 1.807) is 29.2 Å². The molecule has 0 radical (unpaired) electrons. The molecule has 0 spiro atoms. The van der Waals surface area contributed by atoms with Gasteiger partial charge in [-0.1, -0.05) is 42.5 Å². The predicted octanol–water partition coefficient (Wildman–Crippen LogP) is 2.36. The SMILES string of the molecule is CCOc1ccccc1C(=O)N1CC(=O)N(CCCc2ccccc2)CC(O)C1. The highest BCUT2D eigenvalue weighted by Gasteiger charge is 2.30. The summed E-state index contributed by atoms with van der Waals surface area (Å²) in [4.78, 5) is 28.8. The zero-order valence-corrected chi connectivity index (χ0v) is 16.8. The normalized spacial score (nSPS) is 17.2. The molecule has 3 rings (SSSR count). The number of hydrogen-bond donors (Lipinski definition) is 1. The lowest BCUT2D eigenvalue weighted by Gasteiger charge is -2.22. The summed E-state index contributed by atoms with van der Waals surface area (Å²) in [5.41, 5.74) is 1.63. The molecule has 0 aromatic heterocycles. The Morgan fingerprint density at radius 1 is 1.10 bits per heavy atom. The molecule has 2 amide bonds. The van der Waals surface area contributed by atoms with Crippen LogP contribution in [0.1, 0.15) is 29.3 Å². The highest BCUT2D eigenvalue weighted by Crippen LogP contribution is 2.21. The number of hydrogen-bond acceptors (Lipinski definition) is 4. The first-order valence-corrected chi connectivity index (χ1v) is 10.1. The molecule has 29 heavy (non-hydrogen) atoms. The van der Waals surface area contributed by atoms with E-state index >= 15 is 0 Å². The average molecular weight is 396 g/mol. The van der Waals surface area contributed by atoms with Gasteiger partial charge in [0.15, 0.2) is 0 Å². The van der Waals surface area contributed by atoms with Gasteiger partial charge in [-0.15, -0.1) is 0 Å². The van der Waals surface area contributed by atoms with Crippen LogP contribution < -0.4 is 4.74 Å². The fourth-order valence-corrected chi connectivity index (χ4v) is 3.58. The molecular formula is C23H28N2O4. The number of aliphatic hydroxyl groups excluding tert-OH is 1. The Hall–Kier alpha value is -2.86. The summed E-state index contributed by atoms with van der Waals surface area (Å²) in [6, 6.07) is 17.1. The van der Waals surface area contributed by atoms with Gasteiger partial charge in [-0.2, -0.15) is 0 Å². The number of carbonyl (C=O) groups excluding carboxylic acids is 2. The van der Waals surface area contributed by atoms with Gasteiger partial charge in [0, 0.05) is 19.6 Å². The number of rotatable bonds is 7. The first-order valence-electron chi connectivity index (χ1n) is 10.1. The van der Waals surface area contributed by atoms with Crippen LogP contribution in [0.2, 0.25) is 0 Å². The zero-order valence-electron chi connectivity index (χ0n) is 16.8. The Morgan fingerprint density at radius 3 is 2.59 bits per heavy atom. The zero-order chi connectivity index (χ0) is 20.6. The Labute approximate surface area is 171 Å². The maximum Gasteiger partial charge on any atom is 0.258 e. The standard InChI is InChI=1S/C23H28N2O4/c1-2-29-21-13-7-6-12-20(21)23(28)25-16-19(26)15-24(22(27)17-25)14-8-11-18-9-4-3-5-10-18/h3-7,9-10,12-13,19,26H,2,8,11,14-17H2,1H3. The second-order valence-electron chi connectivity index (χ2n) is 7.20. The smallest absolute Gasteiger partial charge is 0.258 e. The molecule has 6 nitrogen and oxygen atoms in total. The highest BCUT2D eigenvalue weighted by atomic mass is 16.5. The Kier molecular flexibility index (Phi) is 7.25. The van der Waals surface area contributed by atoms with Crippen molar-refractivity contribution in [1.82, 2.24) is 9.80 Å². The van der Waals surface area contributed by atoms with Crippen LogP contribution in [0.3, 0.4) is 0 Å². The van der Waals surface area contributed by atoms with Gasteiger partial charge in [-0.25, -0.2) is 0 Å². The molecule has 2 aromatic carbocycles. The molecule has 1 atom stereocenters. The predicted molar refractivity (Wildman–Crippen MR) is 111 cm³/mol. The Balaban J connectivity index is 1.64. The van der Waals surface area contributed by atoms with Crippen LogP contribution in [0.25, 0.3) is 0 Å². The lowest BCUT2D eigenvalue weighted by Crippen LogP contribution is -2.40. The summed E-state index contributed by atoms with van der Waals surface area (Å²) in [7, 11) is 0. The van der Waals surface area contributed by atoms with Gasteiger partial charge in [0.05, 0.1) is 18.3 Å². The fourth-order valence-electron chi connectivity index (χ4n) is 3.58. The number of carbonyl (C=O) groups is 2. The van der Waals surface area contributed by atoms with E-state index in [2.05, 4.69) is 12.1 Å². The lowest BCUT2D eigenvalue weighted by molar-refractivity contribution is -0.131. The average Bonchev–Trinajstić information content (AvgIpc) is 2.87. The number of β-amino-alcohol motifs (C(OH)–C–C–N with tert-alkyl or cyclic N) is 1. The third-order valence-corrected chi connectivity index (χ3v) is 4.98. The van der Waals surface area contributed by atoms with Crippen LogP contribution in [-0.4, -0.2) is 65.6 Å². The van der Waals surface area contributed by atoms with Crippen molar-refractivity contribution in [2.24, 2.45) is 0 Å². The van der Waals surface area contributed by atoms with E-state index in [1.807, 2.05) is 25.1 Å². The number of ether oxygens (including phenoxy) is 1. The van der Waals surface area contributed by atoms with Gasteiger partial charge in [0.2, 0.25) is 5.91 Å². The number of nitrogens with zero attached hydrogens (tertiary/aromatic N) is 2. The molecule has 1 heterocycles. The number of para-hydroxylation sites is 1. The van der Waals surface area contributed by atoms with E-state index in [9.17, 15) is 14.7 Å². The molecule has 1 aliphatic heterocycles. The first kappa shape index (κ1) is 20.9. The second-order valence-corrected chi connectivity index (χ2v) is 7.20. The van der Waals surface area contributed by atoms with E-state index < -0.39 is 6.10 Å². The van der Waals surface area contributed by atoms with Gasteiger partial charge in [-0.3, -0.25) is 9.59 Å². The van der Waals surface area contributed by atoms with Gasteiger partial charge in [0.25, 0.3) is 5.91 Å². The minimum Gasteiger partial charge on any atom is -0.493 e. The first-order chi connectivity index (χ1) is 14.1. The third kappa shape index (κ3) is 5.57. The van der Waals surface area contributed by atoms with Crippen molar-refractivity contribution in [3.05, 3.63) is 65.7 Å². The molecule has 154 valence electrons. The quantitative estimate of drug-likeness (QED) is 0.780. The monoisotopic (exact) mass is 396 g/mol. The molecule has 1 N–H and O–H groups in total. The van der Waals surface area contributed by atoms with Crippen LogP contribution in [0, 0.1) is 0 Å². The van der Waals surface area contributed by atoms with Crippen molar-refractivity contribution in [2.75, 3.05) is 32.8 Å². The molecule has 0 saturated carbocycles. The van der Waals surface area contributed by atoms with Gasteiger partial charge < -0.3 is 19.6 Å². The van der Waals surface area contributed by atoms with Crippen LogP contribution in [0.15, 0.2) is 54.6 Å². The molecule has 2 aromatic rings. The van der Waals surface area contributed by atoms with Crippen molar-refractivity contribution in [1.29, 1.82) is 0 Å². The van der Waals surface area contributed by atoms with Crippen molar-refractivity contribution in [2.45, 2.75) is 25.9 Å². The molecule has 6 heteroatoms. The summed E-state index contributed by atoms with van der Waals surface area (Å²) in [6.45, 7) is 3.18. The highest BCUT2D eigenvalue weighted by molar-refractivity contribution is 5.99. The van der Waals surface area contributed by atoms with Crippen molar-refractivity contribution >= 4 is 11.8 Å². The lowest BCUT2D eigenvalue weighted by atomic mass is 10.1. The van der Waals surface area contributed by atoms with Crippen molar-refractivity contribution in [3.63, 3.8) is 0 Å². The molecule has 1 aliphatic rings. The fraction of sp³-hybridized carbons (Fsp3) is 0.391. The van der Waals surface area contributed by atoms with E-state index in [4.69, 9.17) is 4.74 Å².